The second-order valence-corrected chi connectivity index (χ2v) is 4.92. The molecule has 2 heterocycles. The molecule has 0 radical (unpaired) electrons. The molecule has 1 saturated heterocycles. The van der Waals surface area contributed by atoms with Crippen molar-refractivity contribution in [2.45, 2.75) is 18.9 Å². The smallest absolute Gasteiger partial charge is 0.299 e. The lowest BCUT2D eigenvalue weighted by Crippen LogP contribution is -2.28. The third-order valence-electron chi connectivity index (χ3n) is 3.51. The summed E-state index contributed by atoms with van der Waals surface area (Å²) in [5.74, 6) is -0.648. The predicted molar refractivity (Wildman–Crippen MR) is 73.4 cm³/mol. The number of halogens is 1. The van der Waals surface area contributed by atoms with Gasteiger partial charge in [0.2, 0.25) is 5.89 Å². The Morgan fingerprint density at radius 3 is 3.00 bits per heavy atom. The number of anilines is 1. The van der Waals surface area contributed by atoms with E-state index in [9.17, 15) is 9.18 Å². The Balaban J connectivity index is 1.80. The zero-order valence-electron chi connectivity index (χ0n) is 11.5. The molecule has 1 aromatic carbocycles. The first-order valence-electron chi connectivity index (χ1n) is 6.76. The Hall–Kier alpha value is -2.28. The lowest BCUT2D eigenvalue weighted by atomic mass is 10.2. The van der Waals surface area contributed by atoms with Gasteiger partial charge in [0.15, 0.2) is 0 Å². The number of rotatable bonds is 3. The summed E-state index contributed by atoms with van der Waals surface area (Å²) in [7, 11) is 1.48. The summed E-state index contributed by atoms with van der Waals surface area (Å²) in [6.45, 7) is 0.894. The summed E-state index contributed by atoms with van der Waals surface area (Å²) < 4.78 is 18.8. The molecule has 0 aliphatic carbocycles. The van der Waals surface area contributed by atoms with Crippen LogP contribution in [0, 0.1) is 5.82 Å². The Morgan fingerprint density at radius 1 is 1.48 bits per heavy atom. The van der Waals surface area contributed by atoms with Crippen LogP contribution in [0.2, 0.25) is 0 Å². The Kier molecular flexibility index (Phi) is 3.66. The highest BCUT2D eigenvalue weighted by molar-refractivity contribution is 6.03. The summed E-state index contributed by atoms with van der Waals surface area (Å²) in [5, 5.41) is 6.91. The first-order valence-corrected chi connectivity index (χ1v) is 6.76. The lowest BCUT2D eigenvalue weighted by Gasteiger charge is -2.15. The van der Waals surface area contributed by atoms with Crippen LogP contribution in [0.1, 0.15) is 35.4 Å². The zero-order chi connectivity index (χ0) is 14.8. The van der Waals surface area contributed by atoms with Gasteiger partial charge in [-0.1, -0.05) is 17.3 Å². The molecule has 1 N–H and O–H groups in total. The van der Waals surface area contributed by atoms with Gasteiger partial charge in [-0.25, -0.2) is 4.39 Å². The average molecular weight is 290 g/mol. The second kappa shape index (κ2) is 5.61. The monoisotopic (exact) mass is 290 g/mol. The molecular formula is C14H15FN4O2. The number of carbonyl (C=O) groups is 1. The molecule has 3 rings (SSSR count). The molecule has 1 fully saturated rings. The number of benzene rings is 1. The van der Waals surface area contributed by atoms with E-state index in [0.29, 0.717) is 5.89 Å². The number of carbonyl (C=O) groups excluding carboxylic acids is 1. The largest absolute Gasteiger partial charge is 0.337 e. The molecule has 1 aliphatic rings. The van der Waals surface area contributed by atoms with Gasteiger partial charge < -0.3 is 14.7 Å². The third-order valence-corrected chi connectivity index (χ3v) is 3.51. The van der Waals surface area contributed by atoms with E-state index in [1.807, 2.05) is 0 Å². The first-order chi connectivity index (χ1) is 10.2. The Morgan fingerprint density at radius 2 is 2.29 bits per heavy atom. The molecule has 1 aromatic heterocycles. The SMILES string of the molecule is CN(C(=O)c1noc(C2CCCN2)n1)c1ccccc1F. The number of aromatic nitrogens is 2. The quantitative estimate of drug-likeness (QED) is 0.935. The fourth-order valence-electron chi connectivity index (χ4n) is 2.34. The van der Waals surface area contributed by atoms with Crippen LogP contribution >= 0.6 is 0 Å². The van der Waals surface area contributed by atoms with Crippen LogP contribution in [-0.2, 0) is 0 Å². The van der Waals surface area contributed by atoms with Gasteiger partial charge in [-0.15, -0.1) is 0 Å². The van der Waals surface area contributed by atoms with Crippen LogP contribution in [0.4, 0.5) is 10.1 Å². The zero-order valence-corrected chi connectivity index (χ0v) is 11.5. The van der Waals surface area contributed by atoms with Crippen molar-refractivity contribution in [2.24, 2.45) is 0 Å². The maximum atomic E-state index is 13.7. The van der Waals surface area contributed by atoms with Crippen molar-refractivity contribution in [3.8, 4) is 0 Å². The number of para-hydroxylation sites is 1. The van der Waals surface area contributed by atoms with E-state index in [2.05, 4.69) is 15.5 Å². The molecule has 7 heteroatoms. The minimum Gasteiger partial charge on any atom is -0.337 e. The van der Waals surface area contributed by atoms with Crippen molar-refractivity contribution in [1.82, 2.24) is 15.5 Å². The minimum atomic E-state index is -0.506. The molecule has 0 bridgehead atoms. The van der Waals surface area contributed by atoms with Crippen molar-refractivity contribution in [3.05, 3.63) is 41.8 Å². The second-order valence-electron chi connectivity index (χ2n) is 4.92. The van der Waals surface area contributed by atoms with Gasteiger partial charge in [0.1, 0.15) is 5.82 Å². The van der Waals surface area contributed by atoms with Crippen molar-refractivity contribution in [2.75, 3.05) is 18.5 Å². The van der Waals surface area contributed by atoms with Gasteiger partial charge >= 0.3 is 0 Å². The molecule has 1 aliphatic heterocycles. The van der Waals surface area contributed by atoms with E-state index >= 15 is 0 Å². The van der Waals surface area contributed by atoms with Crippen LogP contribution < -0.4 is 10.2 Å². The van der Waals surface area contributed by atoms with E-state index in [1.165, 1.54) is 24.1 Å². The van der Waals surface area contributed by atoms with Gasteiger partial charge in [0, 0.05) is 7.05 Å². The Labute approximate surface area is 120 Å². The van der Waals surface area contributed by atoms with Crippen LogP contribution in [0.15, 0.2) is 28.8 Å². The fraction of sp³-hybridized carbons (Fsp3) is 0.357. The number of nitrogens with zero attached hydrogens (tertiary/aromatic N) is 3. The normalized spacial score (nSPS) is 17.9. The molecule has 110 valence electrons. The maximum absolute atomic E-state index is 13.7. The summed E-state index contributed by atoms with van der Waals surface area (Å²) in [6.07, 6.45) is 1.93. The summed E-state index contributed by atoms with van der Waals surface area (Å²) in [4.78, 5) is 17.6. The summed E-state index contributed by atoms with van der Waals surface area (Å²) in [5.41, 5.74) is 0.174. The van der Waals surface area contributed by atoms with Crippen molar-refractivity contribution < 1.29 is 13.7 Å². The van der Waals surface area contributed by atoms with Gasteiger partial charge in [0.05, 0.1) is 11.7 Å². The van der Waals surface area contributed by atoms with E-state index in [0.717, 1.165) is 19.4 Å². The van der Waals surface area contributed by atoms with Crippen molar-refractivity contribution in [1.29, 1.82) is 0 Å². The van der Waals surface area contributed by atoms with Crippen molar-refractivity contribution >= 4 is 11.6 Å². The summed E-state index contributed by atoms with van der Waals surface area (Å²) >= 11 is 0. The van der Waals surface area contributed by atoms with E-state index in [-0.39, 0.29) is 17.6 Å². The highest BCUT2D eigenvalue weighted by Crippen LogP contribution is 2.22. The first kappa shape index (κ1) is 13.7. The number of hydrogen-bond donors (Lipinski definition) is 1. The molecule has 0 saturated carbocycles. The van der Waals surface area contributed by atoms with Gasteiger partial charge in [-0.3, -0.25) is 4.79 Å². The maximum Gasteiger partial charge on any atom is 0.299 e. The molecule has 1 unspecified atom stereocenters. The van der Waals surface area contributed by atoms with Crippen LogP contribution in [-0.4, -0.2) is 29.6 Å². The van der Waals surface area contributed by atoms with Gasteiger partial charge in [0.25, 0.3) is 11.7 Å². The molecule has 0 spiro atoms. The van der Waals surface area contributed by atoms with Crippen LogP contribution in [0.25, 0.3) is 0 Å². The third kappa shape index (κ3) is 2.64. The van der Waals surface area contributed by atoms with Gasteiger partial charge in [-0.05, 0) is 31.5 Å². The van der Waals surface area contributed by atoms with E-state index in [1.54, 1.807) is 12.1 Å². The van der Waals surface area contributed by atoms with Crippen molar-refractivity contribution in [3.63, 3.8) is 0 Å². The molecule has 2 aromatic rings. The fourth-order valence-corrected chi connectivity index (χ4v) is 2.34. The van der Waals surface area contributed by atoms with Crippen LogP contribution in [0.3, 0.4) is 0 Å². The highest BCUT2D eigenvalue weighted by Gasteiger charge is 2.26. The average Bonchev–Trinajstić information content (AvgIpc) is 3.17. The topological polar surface area (TPSA) is 71.3 Å². The lowest BCUT2D eigenvalue weighted by molar-refractivity contribution is 0.0979. The summed E-state index contributed by atoms with van der Waals surface area (Å²) in [6, 6.07) is 6.04. The number of nitrogens with one attached hydrogen (secondary N) is 1. The van der Waals surface area contributed by atoms with E-state index < -0.39 is 11.7 Å². The predicted octanol–water partition coefficient (Wildman–Crippen LogP) is 1.91. The molecule has 1 atom stereocenters. The van der Waals surface area contributed by atoms with Crippen LogP contribution in [0.5, 0.6) is 0 Å². The molecule has 1 amide bonds. The van der Waals surface area contributed by atoms with E-state index in [4.69, 9.17) is 4.52 Å². The Bertz CT molecular complexity index is 652. The molecular weight excluding hydrogens is 275 g/mol. The van der Waals surface area contributed by atoms with Gasteiger partial charge in [-0.2, -0.15) is 4.98 Å². The number of hydrogen-bond acceptors (Lipinski definition) is 5. The highest BCUT2D eigenvalue weighted by atomic mass is 19.1. The molecule has 6 nitrogen and oxygen atoms in total. The number of amides is 1. The standard InChI is InChI=1S/C14H15FN4O2/c1-19(11-7-3-2-5-9(11)15)14(20)12-17-13(21-18-12)10-6-4-8-16-10/h2-3,5,7,10,16H,4,6,8H2,1H3. The molecule has 21 heavy (non-hydrogen) atoms. The minimum absolute atomic E-state index is 0.00202.